The SMILES string of the molecule is CN(CCCN(C)CCN(CCC(=O)O)CCC(=O)O)CCN(CCC(=O)O)CCC(=O)O. The van der Waals surface area contributed by atoms with Crippen LogP contribution in [-0.4, -0.2) is 143 Å². The van der Waals surface area contributed by atoms with Crippen LogP contribution in [0.2, 0.25) is 0 Å². The van der Waals surface area contributed by atoms with Gasteiger partial charge in [-0.15, -0.1) is 0 Å². The van der Waals surface area contributed by atoms with E-state index in [1.807, 2.05) is 23.9 Å². The molecule has 0 aromatic heterocycles. The second-order valence-electron chi connectivity index (χ2n) is 8.22. The van der Waals surface area contributed by atoms with E-state index in [2.05, 4.69) is 9.80 Å². The van der Waals surface area contributed by atoms with E-state index in [0.717, 1.165) is 19.5 Å². The van der Waals surface area contributed by atoms with Crippen LogP contribution in [-0.2, 0) is 19.2 Å². The second-order valence-corrected chi connectivity index (χ2v) is 8.22. The first-order chi connectivity index (χ1) is 15.5. The van der Waals surface area contributed by atoms with Crippen LogP contribution < -0.4 is 0 Å². The van der Waals surface area contributed by atoms with Crippen molar-refractivity contribution in [2.24, 2.45) is 0 Å². The average Bonchev–Trinajstić information content (AvgIpc) is 2.71. The number of carboxylic acids is 4. The van der Waals surface area contributed by atoms with Crippen molar-refractivity contribution in [3.8, 4) is 0 Å². The van der Waals surface area contributed by atoms with Gasteiger partial charge in [-0.05, 0) is 33.6 Å². The van der Waals surface area contributed by atoms with Gasteiger partial charge in [0.25, 0.3) is 0 Å². The molecule has 0 aliphatic heterocycles. The number of aliphatic carboxylic acids is 4. The highest BCUT2D eigenvalue weighted by atomic mass is 16.4. The Hall–Kier alpha value is -2.28. The average molecular weight is 477 g/mol. The van der Waals surface area contributed by atoms with E-state index in [1.54, 1.807) is 0 Å². The maximum absolute atomic E-state index is 10.8. The standard InChI is InChI=1S/C21H40N4O8/c1-22(14-16-24(10-4-18(26)27)11-5-19(28)29)8-3-9-23(2)15-17-25(12-6-20(30)31)13-7-21(32)33/h3-17H2,1-2H3,(H,26,27)(H,28,29)(H,30,31)(H,32,33). The Morgan fingerprint density at radius 3 is 0.970 bits per heavy atom. The quantitative estimate of drug-likeness (QED) is 0.162. The van der Waals surface area contributed by atoms with Crippen LogP contribution in [0.1, 0.15) is 32.1 Å². The van der Waals surface area contributed by atoms with Crippen LogP contribution in [0.5, 0.6) is 0 Å². The minimum atomic E-state index is -0.906. The molecule has 33 heavy (non-hydrogen) atoms. The zero-order chi connectivity index (χ0) is 25.2. The van der Waals surface area contributed by atoms with Crippen molar-refractivity contribution in [1.29, 1.82) is 0 Å². The molecule has 0 aliphatic carbocycles. The van der Waals surface area contributed by atoms with Gasteiger partial charge in [-0.25, -0.2) is 0 Å². The predicted molar refractivity (Wildman–Crippen MR) is 122 cm³/mol. The summed E-state index contributed by atoms with van der Waals surface area (Å²) in [5, 5.41) is 35.4. The van der Waals surface area contributed by atoms with Gasteiger partial charge in [0.15, 0.2) is 0 Å². The molecule has 0 aliphatic rings. The maximum Gasteiger partial charge on any atom is 0.304 e. The minimum absolute atomic E-state index is 0.0237. The summed E-state index contributed by atoms with van der Waals surface area (Å²) >= 11 is 0. The van der Waals surface area contributed by atoms with E-state index < -0.39 is 23.9 Å². The molecule has 0 saturated carbocycles. The zero-order valence-corrected chi connectivity index (χ0v) is 19.8. The van der Waals surface area contributed by atoms with E-state index >= 15 is 0 Å². The van der Waals surface area contributed by atoms with Crippen LogP contribution in [0.15, 0.2) is 0 Å². The molecule has 0 amide bonds. The highest BCUT2D eigenvalue weighted by molar-refractivity contribution is 5.68. The van der Waals surface area contributed by atoms with E-state index in [1.165, 1.54) is 0 Å². The molecule has 0 spiro atoms. The van der Waals surface area contributed by atoms with Crippen molar-refractivity contribution >= 4 is 23.9 Å². The van der Waals surface area contributed by atoms with Gasteiger partial charge in [-0.1, -0.05) is 0 Å². The monoisotopic (exact) mass is 476 g/mol. The Bertz CT molecular complexity index is 519. The Labute approximate surface area is 195 Å². The van der Waals surface area contributed by atoms with Crippen molar-refractivity contribution in [2.45, 2.75) is 32.1 Å². The number of likely N-dealkylation sites (N-methyl/N-ethyl adjacent to an activating group) is 2. The molecule has 0 heterocycles. The molecule has 0 radical (unpaired) electrons. The fourth-order valence-corrected chi connectivity index (χ4v) is 3.14. The molecule has 0 aromatic rings. The van der Waals surface area contributed by atoms with Crippen LogP contribution >= 0.6 is 0 Å². The molecule has 0 saturated heterocycles. The minimum Gasteiger partial charge on any atom is -0.481 e. The lowest BCUT2D eigenvalue weighted by molar-refractivity contribution is -0.139. The van der Waals surface area contributed by atoms with E-state index in [9.17, 15) is 19.2 Å². The number of carbonyl (C=O) groups is 4. The highest BCUT2D eigenvalue weighted by Crippen LogP contribution is 2.00. The summed E-state index contributed by atoms with van der Waals surface area (Å²) in [6.45, 7) is 5.49. The number of carboxylic acid groups (broad SMARTS) is 4. The molecule has 12 heteroatoms. The molecule has 0 unspecified atom stereocenters. The Kier molecular flexibility index (Phi) is 16.9. The van der Waals surface area contributed by atoms with Gasteiger partial charge in [0.2, 0.25) is 0 Å². The molecule has 0 atom stereocenters. The first-order valence-corrected chi connectivity index (χ1v) is 11.2. The number of hydrogen-bond donors (Lipinski definition) is 4. The number of rotatable bonds is 22. The van der Waals surface area contributed by atoms with Crippen molar-refractivity contribution < 1.29 is 39.6 Å². The molecule has 0 fully saturated rings. The van der Waals surface area contributed by atoms with Crippen LogP contribution in [0.25, 0.3) is 0 Å². The summed E-state index contributed by atoms with van der Waals surface area (Å²) in [6, 6.07) is 0. The first kappa shape index (κ1) is 30.7. The van der Waals surface area contributed by atoms with Crippen molar-refractivity contribution in [1.82, 2.24) is 19.6 Å². The summed E-state index contributed by atoms with van der Waals surface area (Å²) in [4.78, 5) is 51.1. The Morgan fingerprint density at radius 2 is 0.727 bits per heavy atom. The van der Waals surface area contributed by atoms with Crippen molar-refractivity contribution in [2.75, 3.05) is 79.5 Å². The molecule has 0 bridgehead atoms. The first-order valence-electron chi connectivity index (χ1n) is 11.2. The largest absolute Gasteiger partial charge is 0.481 e. The Balaban J connectivity index is 4.24. The third-order valence-electron chi connectivity index (χ3n) is 5.24. The van der Waals surface area contributed by atoms with Crippen LogP contribution in [0.4, 0.5) is 0 Å². The van der Waals surface area contributed by atoms with E-state index in [4.69, 9.17) is 20.4 Å². The molecular weight excluding hydrogens is 436 g/mol. The second kappa shape index (κ2) is 18.2. The fourth-order valence-electron chi connectivity index (χ4n) is 3.14. The highest BCUT2D eigenvalue weighted by Gasteiger charge is 2.12. The Morgan fingerprint density at radius 1 is 0.455 bits per heavy atom. The number of nitrogens with zero attached hydrogens (tertiary/aromatic N) is 4. The van der Waals surface area contributed by atoms with Gasteiger partial charge in [0.1, 0.15) is 0 Å². The smallest absolute Gasteiger partial charge is 0.304 e. The molecular formula is C21H40N4O8. The molecule has 12 nitrogen and oxygen atoms in total. The fraction of sp³-hybridized carbons (Fsp3) is 0.810. The lowest BCUT2D eigenvalue weighted by atomic mass is 10.3. The van der Waals surface area contributed by atoms with E-state index in [0.29, 0.717) is 52.4 Å². The summed E-state index contributed by atoms with van der Waals surface area (Å²) in [7, 11) is 3.93. The molecule has 0 aromatic carbocycles. The van der Waals surface area contributed by atoms with E-state index in [-0.39, 0.29) is 25.7 Å². The van der Waals surface area contributed by atoms with Crippen LogP contribution in [0.3, 0.4) is 0 Å². The van der Waals surface area contributed by atoms with Gasteiger partial charge < -0.3 is 40.0 Å². The summed E-state index contributed by atoms with van der Waals surface area (Å²) < 4.78 is 0. The molecule has 192 valence electrons. The van der Waals surface area contributed by atoms with Crippen molar-refractivity contribution in [3.63, 3.8) is 0 Å². The lowest BCUT2D eigenvalue weighted by Crippen LogP contribution is -2.38. The summed E-state index contributed by atoms with van der Waals surface area (Å²) in [5.41, 5.74) is 0. The summed E-state index contributed by atoms with van der Waals surface area (Å²) in [5.74, 6) is -3.63. The molecule has 4 N–H and O–H groups in total. The number of hydrogen-bond acceptors (Lipinski definition) is 8. The third kappa shape index (κ3) is 20.1. The van der Waals surface area contributed by atoms with Crippen molar-refractivity contribution in [3.05, 3.63) is 0 Å². The topological polar surface area (TPSA) is 162 Å². The zero-order valence-electron chi connectivity index (χ0n) is 19.8. The molecule has 0 rings (SSSR count). The summed E-state index contributed by atoms with van der Waals surface area (Å²) in [6.07, 6.45) is 0.795. The van der Waals surface area contributed by atoms with Gasteiger partial charge in [-0.3, -0.25) is 19.2 Å². The van der Waals surface area contributed by atoms with Gasteiger partial charge in [-0.2, -0.15) is 0 Å². The lowest BCUT2D eigenvalue weighted by Gasteiger charge is -2.26. The normalized spacial score (nSPS) is 11.6. The van der Waals surface area contributed by atoms with Gasteiger partial charge in [0, 0.05) is 52.4 Å². The maximum atomic E-state index is 10.8. The van der Waals surface area contributed by atoms with Gasteiger partial charge >= 0.3 is 23.9 Å². The van der Waals surface area contributed by atoms with Gasteiger partial charge in [0.05, 0.1) is 25.7 Å². The van der Waals surface area contributed by atoms with Crippen LogP contribution in [0, 0.1) is 0 Å². The predicted octanol–water partition coefficient (Wildman–Crippen LogP) is -0.257. The third-order valence-corrected chi connectivity index (χ3v) is 5.24.